The van der Waals surface area contributed by atoms with Gasteiger partial charge in [-0.25, -0.2) is 0 Å². The Bertz CT molecular complexity index is 675. The van der Waals surface area contributed by atoms with Gasteiger partial charge < -0.3 is 14.6 Å². The van der Waals surface area contributed by atoms with Crippen molar-refractivity contribution in [3.63, 3.8) is 0 Å². The van der Waals surface area contributed by atoms with E-state index in [1.807, 2.05) is 29.3 Å². The molecule has 1 aliphatic heterocycles. The highest BCUT2D eigenvalue weighted by Crippen LogP contribution is 2.33. The molecule has 0 aliphatic carbocycles. The lowest BCUT2D eigenvalue weighted by atomic mass is 10.1. The first-order chi connectivity index (χ1) is 10.7. The Labute approximate surface area is 135 Å². The zero-order valence-corrected chi connectivity index (χ0v) is 13.3. The minimum atomic E-state index is 0.0620. The average Bonchev–Trinajstić information content (AvgIpc) is 3.04. The fourth-order valence-corrected chi connectivity index (χ4v) is 3.02. The third kappa shape index (κ3) is 2.97. The molecular weight excluding hydrogens is 300 g/mol. The monoisotopic (exact) mass is 318 g/mol. The van der Waals surface area contributed by atoms with Gasteiger partial charge in [0.1, 0.15) is 11.4 Å². The summed E-state index contributed by atoms with van der Waals surface area (Å²) in [5.41, 5.74) is 2.39. The third-order valence-electron chi connectivity index (χ3n) is 4.03. The Morgan fingerprint density at radius 2 is 2.00 bits per heavy atom. The molecule has 1 aromatic carbocycles. The van der Waals surface area contributed by atoms with E-state index in [0.29, 0.717) is 10.7 Å². The van der Waals surface area contributed by atoms with Crippen molar-refractivity contribution in [1.82, 2.24) is 9.88 Å². The van der Waals surface area contributed by atoms with Gasteiger partial charge in [-0.05, 0) is 43.5 Å². The minimum Gasteiger partial charge on any atom is -0.496 e. The van der Waals surface area contributed by atoms with Crippen LogP contribution in [0.4, 0.5) is 0 Å². The molecule has 1 fully saturated rings. The van der Waals surface area contributed by atoms with Gasteiger partial charge in [-0.15, -0.1) is 0 Å². The van der Waals surface area contributed by atoms with E-state index < -0.39 is 0 Å². The number of H-pyrrole nitrogens is 1. The number of halogens is 1. The first-order valence-electron chi connectivity index (χ1n) is 7.50. The highest BCUT2D eigenvalue weighted by atomic mass is 35.5. The summed E-state index contributed by atoms with van der Waals surface area (Å²) in [6, 6.07) is 7.33. The van der Waals surface area contributed by atoms with E-state index >= 15 is 0 Å². The Balaban J connectivity index is 1.87. The maximum Gasteiger partial charge on any atom is 0.270 e. The van der Waals surface area contributed by atoms with Gasteiger partial charge in [0.05, 0.1) is 7.11 Å². The van der Waals surface area contributed by atoms with Gasteiger partial charge >= 0.3 is 0 Å². The molecule has 1 amide bonds. The lowest BCUT2D eigenvalue weighted by molar-refractivity contribution is 0.0719. The summed E-state index contributed by atoms with van der Waals surface area (Å²) in [7, 11) is 1.62. The highest BCUT2D eigenvalue weighted by Gasteiger charge is 2.20. The average molecular weight is 319 g/mol. The van der Waals surface area contributed by atoms with Crippen molar-refractivity contribution in [2.45, 2.75) is 19.3 Å². The van der Waals surface area contributed by atoms with E-state index in [0.717, 1.165) is 42.8 Å². The maximum absolute atomic E-state index is 12.5. The van der Waals surface area contributed by atoms with Gasteiger partial charge in [0, 0.05) is 35.4 Å². The lowest BCUT2D eigenvalue weighted by Gasteiger charge is -2.26. The quantitative estimate of drug-likeness (QED) is 0.930. The van der Waals surface area contributed by atoms with Crippen LogP contribution >= 0.6 is 11.6 Å². The Morgan fingerprint density at radius 1 is 1.23 bits per heavy atom. The summed E-state index contributed by atoms with van der Waals surface area (Å²) in [5, 5.41) is 0.640. The number of carbonyl (C=O) groups is 1. The van der Waals surface area contributed by atoms with Crippen LogP contribution in [-0.2, 0) is 0 Å². The van der Waals surface area contributed by atoms with Gasteiger partial charge in [-0.1, -0.05) is 11.6 Å². The van der Waals surface area contributed by atoms with E-state index in [-0.39, 0.29) is 5.91 Å². The number of nitrogens with one attached hydrogen (secondary N) is 1. The van der Waals surface area contributed by atoms with Gasteiger partial charge in [-0.3, -0.25) is 4.79 Å². The maximum atomic E-state index is 12.5. The summed E-state index contributed by atoms with van der Waals surface area (Å²) in [6.45, 7) is 1.68. The van der Waals surface area contributed by atoms with Crippen LogP contribution in [0.25, 0.3) is 11.1 Å². The smallest absolute Gasteiger partial charge is 0.270 e. The predicted molar refractivity (Wildman–Crippen MR) is 87.5 cm³/mol. The fourth-order valence-electron chi connectivity index (χ4n) is 2.85. The van der Waals surface area contributed by atoms with Crippen LogP contribution in [0.1, 0.15) is 29.8 Å². The van der Waals surface area contributed by atoms with E-state index in [9.17, 15) is 4.79 Å². The molecular formula is C17H19ClN2O2. The molecule has 5 heteroatoms. The van der Waals surface area contributed by atoms with Crippen molar-refractivity contribution in [2.24, 2.45) is 0 Å². The van der Waals surface area contributed by atoms with Crippen LogP contribution in [0.5, 0.6) is 5.75 Å². The SMILES string of the molecule is COc1ccc(Cl)cc1-c1c[nH]c(C(=O)N2CCCCC2)c1. The fraction of sp³-hybridized carbons (Fsp3) is 0.353. The van der Waals surface area contributed by atoms with Crippen molar-refractivity contribution in [3.8, 4) is 16.9 Å². The van der Waals surface area contributed by atoms with E-state index in [1.54, 1.807) is 13.2 Å². The van der Waals surface area contributed by atoms with Crippen molar-refractivity contribution >= 4 is 17.5 Å². The van der Waals surface area contributed by atoms with Gasteiger partial charge in [0.15, 0.2) is 0 Å². The molecule has 2 aromatic rings. The second-order valence-corrected chi connectivity index (χ2v) is 5.94. The van der Waals surface area contributed by atoms with Gasteiger partial charge in [0.25, 0.3) is 5.91 Å². The zero-order chi connectivity index (χ0) is 15.5. The number of methoxy groups -OCH3 is 1. The third-order valence-corrected chi connectivity index (χ3v) is 4.26. The first kappa shape index (κ1) is 15.0. The molecule has 116 valence electrons. The van der Waals surface area contributed by atoms with Crippen LogP contribution in [0.15, 0.2) is 30.5 Å². The summed E-state index contributed by atoms with van der Waals surface area (Å²) < 4.78 is 5.37. The van der Waals surface area contributed by atoms with Crippen molar-refractivity contribution in [2.75, 3.05) is 20.2 Å². The summed E-state index contributed by atoms with van der Waals surface area (Å²) in [5.74, 6) is 0.798. The number of ether oxygens (including phenoxy) is 1. The molecule has 22 heavy (non-hydrogen) atoms. The van der Waals surface area contributed by atoms with Crippen molar-refractivity contribution in [3.05, 3.63) is 41.2 Å². The molecule has 0 unspecified atom stereocenters. The first-order valence-corrected chi connectivity index (χ1v) is 7.88. The number of rotatable bonds is 3. The number of amides is 1. The predicted octanol–water partition coefficient (Wildman–Crippen LogP) is 3.97. The second-order valence-electron chi connectivity index (χ2n) is 5.50. The molecule has 0 radical (unpaired) electrons. The number of hydrogen-bond donors (Lipinski definition) is 1. The van der Waals surface area contributed by atoms with Crippen molar-refractivity contribution < 1.29 is 9.53 Å². The number of nitrogens with zero attached hydrogens (tertiary/aromatic N) is 1. The van der Waals surface area contributed by atoms with Crippen molar-refractivity contribution in [1.29, 1.82) is 0 Å². The van der Waals surface area contributed by atoms with E-state index in [4.69, 9.17) is 16.3 Å². The molecule has 4 nitrogen and oxygen atoms in total. The van der Waals surface area contributed by atoms with Gasteiger partial charge in [0.2, 0.25) is 0 Å². The topological polar surface area (TPSA) is 45.3 Å². The number of likely N-dealkylation sites (tertiary alicyclic amines) is 1. The van der Waals surface area contributed by atoms with E-state index in [1.165, 1.54) is 6.42 Å². The standard InChI is InChI=1S/C17H19ClN2O2/c1-22-16-6-5-13(18)10-14(16)12-9-15(19-11-12)17(21)20-7-3-2-4-8-20/h5-6,9-11,19H,2-4,7-8H2,1H3. The number of aromatic nitrogens is 1. The second kappa shape index (κ2) is 6.44. The molecule has 0 bridgehead atoms. The summed E-state index contributed by atoms with van der Waals surface area (Å²) in [4.78, 5) is 17.5. The molecule has 1 aliphatic rings. The molecule has 3 rings (SSSR count). The van der Waals surface area contributed by atoms with Crippen LogP contribution in [0.2, 0.25) is 5.02 Å². The van der Waals surface area contributed by atoms with E-state index in [2.05, 4.69) is 4.98 Å². The molecule has 0 saturated carbocycles. The van der Waals surface area contributed by atoms with Crippen LogP contribution in [0.3, 0.4) is 0 Å². The highest BCUT2D eigenvalue weighted by molar-refractivity contribution is 6.31. The Morgan fingerprint density at radius 3 is 2.73 bits per heavy atom. The van der Waals surface area contributed by atoms with Crippen LogP contribution in [0, 0.1) is 0 Å². The summed E-state index contributed by atoms with van der Waals surface area (Å²) in [6.07, 6.45) is 5.20. The molecule has 1 aromatic heterocycles. The molecule has 2 heterocycles. The molecule has 0 atom stereocenters. The normalized spacial score (nSPS) is 14.9. The number of carbonyl (C=O) groups excluding carboxylic acids is 1. The zero-order valence-electron chi connectivity index (χ0n) is 12.6. The largest absolute Gasteiger partial charge is 0.496 e. The number of aromatic amines is 1. The minimum absolute atomic E-state index is 0.0620. The summed E-state index contributed by atoms with van der Waals surface area (Å²) >= 11 is 6.07. The molecule has 0 spiro atoms. The Kier molecular flexibility index (Phi) is 4.39. The number of hydrogen-bond acceptors (Lipinski definition) is 2. The molecule has 1 N–H and O–H groups in total. The number of piperidine rings is 1. The van der Waals surface area contributed by atoms with Crippen LogP contribution in [-0.4, -0.2) is 36.0 Å². The molecule has 1 saturated heterocycles. The van der Waals surface area contributed by atoms with Gasteiger partial charge in [-0.2, -0.15) is 0 Å². The lowest BCUT2D eigenvalue weighted by Crippen LogP contribution is -2.35. The van der Waals surface area contributed by atoms with Crippen LogP contribution < -0.4 is 4.74 Å². The number of benzene rings is 1. The Hall–Kier alpha value is -1.94.